The van der Waals surface area contributed by atoms with Crippen LogP contribution in [0, 0.1) is 0 Å². The highest BCUT2D eigenvalue weighted by molar-refractivity contribution is 7.98. The third-order valence-corrected chi connectivity index (χ3v) is 6.20. The first-order valence-electron chi connectivity index (χ1n) is 9.75. The van der Waals surface area contributed by atoms with Gasteiger partial charge in [-0.05, 0) is 47.6 Å². The second-order valence-corrected chi connectivity index (χ2v) is 8.20. The number of aromatic nitrogens is 4. The molecule has 0 atom stereocenters. The highest BCUT2D eigenvalue weighted by atomic mass is 32.2. The lowest BCUT2D eigenvalue weighted by Gasteiger charge is -2.23. The maximum absolute atomic E-state index is 13.9. The van der Waals surface area contributed by atoms with Gasteiger partial charge in [0.1, 0.15) is 0 Å². The summed E-state index contributed by atoms with van der Waals surface area (Å²) in [6.45, 7) is 3.69. The van der Waals surface area contributed by atoms with E-state index in [1.807, 2.05) is 6.07 Å². The Morgan fingerprint density at radius 2 is 2.03 bits per heavy atom. The molecule has 3 aromatic heterocycles. The molecule has 6 nitrogen and oxygen atoms in total. The predicted octanol–water partition coefficient (Wildman–Crippen LogP) is 5.22. The van der Waals surface area contributed by atoms with Gasteiger partial charge in [-0.1, -0.05) is 6.58 Å². The SMILES string of the molecule is C=Cc1ccc(-c2nc3c(C(F)(F)F)cc4[nH]ncc4c3c3c2CSCC3)cn1.CNO. The quantitative estimate of drug-likeness (QED) is 0.357. The molecule has 32 heavy (non-hydrogen) atoms. The smallest absolute Gasteiger partial charge is 0.317 e. The zero-order valence-corrected chi connectivity index (χ0v) is 17.9. The molecule has 10 heteroatoms. The number of alkyl halides is 3. The molecule has 0 saturated carbocycles. The third-order valence-electron chi connectivity index (χ3n) is 5.21. The lowest BCUT2D eigenvalue weighted by Crippen LogP contribution is -2.12. The fraction of sp³-hybridized carbons (Fsp3) is 0.227. The number of pyridine rings is 2. The van der Waals surface area contributed by atoms with Gasteiger partial charge in [0, 0.05) is 35.3 Å². The van der Waals surface area contributed by atoms with Gasteiger partial charge in [0.05, 0.1) is 34.2 Å². The van der Waals surface area contributed by atoms with E-state index >= 15 is 0 Å². The Kier molecular flexibility index (Phi) is 6.18. The van der Waals surface area contributed by atoms with Crippen LogP contribution in [-0.4, -0.2) is 38.2 Å². The van der Waals surface area contributed by atoms with Crippen molar-refractivity contribution >= 4 is 39.6 Å². The van der Waals surface area contributed by atoms with Crippen LogP contribution in [0.4, 0.5) is 13.2 Å². The molecular weight excluding hydrogens is 439 g/mol. The molecule has 5 rings (SSSR count). The second-order valence-electron chi connectivity index (χ2n) is 7.10. The van der Waals surface area contributed by atoms with E-state index in [9.17, 15) is 13.2 Å². The number of halogens is 3. The van der Waals surface area contributed by atoms with Gasteiger partial charge in [0.15, 0.2) is 0 Å². The van der Waals surface area contributed by atoms with Gasteiger partial charge in [0.2, 0.25) is 0 Å². The van der Waals surface area contributed by atoms with Gasteiger partial charge in [-0.25, -0.2) is 10.5 Å². The van der Waals surface area contributed by atoms with E-state index in [-0.39, 0.29) is 5.52 Å². The van der Waals surface area contributed by atoms with Crippen LogP contribution >= 0.6 is 11.8 Å². The summed E-state index contributed by atoms with van der Waals surface area (Å²) in [5.74, 6) is 1.56. The zero-order chi connectivity index (χ0) is 22.9. The number of nitrogens with one attached hydrogen (secondary N) is 2. The minimum Gasteiger partial charge on any atom is -0.317 e. The van der Waals surface area contributed by atoms with Gasteiger partial charge in [-0.15, -0.1) is 0 Å². The average molecular weight is 459 g/mol. The van der Waals surface area contributed by atoms with Crippen molar-refractivity contribution in [2.75, 3.05) is 12.8 Å². The van der Waals surface area contributed by atoms with Crippen molar-refractivity contribution in [3.05, 3.63) is 59.6 Å². The number of hydrogen-bond acceptors (Lipinski definition) is 6. The Labute approximate surface area is 185 Å². The third kappa shape index (κ3) is 3.96. The summed E-state index contributed by atoms with van der Waals surface area (Å²) in [5, 5.41) is 15.2. The molecule has 0 bridgehead atoms. The molecule has 0 unspecified atom stereocenters. The van der Waals surface area contributed by atoms with Crippen LogP contribution in [0.2, 0.25) is 0 Å². The number of hydrogen-bond donors (Lipinski definition) is 3. The lowest BCUT2D eigenvalue weighted by atomic mass is 9.92. The lowest BCUT2D eigenvalue weighted by molar-refractivity contribution is -0.136. The van der Waals surface area contributed by atoms with E-state index in [0.29, 0.717) is 45.4 Å². The predicted molar refractivity (Wildman–Crippen MR) is 120 cm³/mol. The number of rotatable bonds is 2. The first-order valence-corrected chi connectivity index (χ1v) is 10.9. The van der Waals surface area contributed by atoms with E-state index < -0.39 is 11.7 Å². The number of nitrogens with zero attached hydrogens (tertiary/aromatic N) is 3. The number of aryl methyl sites for hydroxylation is 1. The summed E-state index contributed by atoms with van der Waals surface area (Å²) in [4.78, 5) is 8.88. The van der Waals surface area contributed by atoms with Crippen molar-refractivity contribution in [2.24, 2.45) is 0 Å². The Hall–Kier alpha value is -2.95. The zero-order valence-electron chi connectivity index (χ0n) is 17.1. The van der Waals surface area contributed by atoms with Crippen LogP contribution in [0.25, 0.3) is 39.1 Å². The van der Waals surface area contributed by atoms with Crippen molar-refractivity contribution in [3.63, 3.8) is 0 Å². The maximum Gasteiger partial charge on any atom is 0.418 e. The number of fused-ring (bicyclic) bond motifs is 5. The molecule has 4 aromatic rings. The molecule has 1 aromatic carbocycles. The van der Waals surface area contributed by atoms with Crippen LogP contribution in [0.1, 0.15) is 22.4 Å². The Morgan fingerprint density at radius 3 is 2.69 bits per heavy atom. The first kappa shape index (κ1) is 22.3. The molecule has 0 aliphatic carbocycles. The van der Waals surface area contributed by atoms with E-state index in [2.05, 4.69) is 26.7 Å². The molecular formula is C22H20F3N5OS. The molecule has 166 valence electrons. The van der Waals surface area contributed by atoms with Gasteiger partial charge in [0.25, 0.3) is 0 Å². The fourth-order valence-electron chi connectivity index (χ4n) is 3.88. The number of benzene rings is 1. The topological polar surface area (TPSA) is 86.7 Å². The Bertz CT molecular complexity index is 1290. The van der Waals surface area contributed by atoms with E-state index in [4.69, 9.17) is 5.21 Å². The normalized spacial score (nSPS) is 13.5. The molecule has 0 amide bonds. The van der Waals surface area contributed by atoms with Gasteiger partial charge >= 0.3 is 6.18 Å². The van der Waals surface area contributed by atoms with Gasteiger partial charge < -0.3 is 5.21 Å². The average Bonchev–Trinajstić information content (AvgIpc) is 3.26. The maximum atomic E-state index is 13.9. The second kappa shape index (κ2) is 8.89. The Balaban J connectivity index is 0.000000775. The van der Waals surface area contributed by atoms with Crippen LogP contribution < -0.4 is 5.48 Å². The first-order chi connectivity index (χ1) is 15.4. The highest BCUT2D eigenvalue weighted by Gasteiger charge is 2.36. The van der Waals surface area contributed by atoms with Crippen molar-refractivity contribution in [1.82, 2.24) is 25.6 Å². The Morgan fingerprint density at radius 1 is 1.25 bits per heavy atom. The van der Waals surface area contributed by atoms with Gasteiger partial charge in [-0.2, -0.15) is 30.0 Å². The molecule has 0 radical (unpaired) electrons. The van der Waals surface area contributed by atoms with Crippen LogP contribution in [0.15, 0.2) is 37.2 Å². The summed E-state index contributed by atoms with van der Waals surface area (Å²) in [6, 6.07) is 4.73. The number of thioether (sulfide) groups is 1. The molecule has 1 aliphatic rings. The minimum atomic E-state index is -4.52. The summed E-state index contributed by atoms with van der Waals surface area (Å²) in [6.07, 6.45) is 1.02. The highest BCUT2D eigenvalue weighted by Crippen LogP contribution is 2.43. The monoisotopic (exact) mass is 459 g/mol. The number of hydroxylamine groups is 1. The summed E-state index contributed by atoms with van der Waals surface area (Å²) < 4.78 is 41.7. The van der Waals surface area contributed by atoms with E-state index in [0.717, 1.165) is 22.9 Å². The number of aromatic amines is 1. The van der Waals surface area contributed by atoms with Gasteiger partial charge in [-0.3, -0.25) is 10.1 Å². The molecule has 0 spiro atoms. The van der Waals surface area contributed by atoms with Crippen molar-refractivity contribution < 1.29 is 18.4 Å². The summed E-state index contributed by atoms with van der Waals surface area (Å²) in [7, 11) is 1.43. The minimum absolute atomic E-state index is 0.0279. The van der Waals surface area contributed by atoms with Crippen molar-refractivity contribution in [1.29, 1.82) is 0 Å². The van der Waals surface area contributed by atoms with Crippen LogP contribution in [0.5, 0.6) is 0 Å². The van der Waals surface area contributed by atoms with E-state index in [1.165, 1.54) is 7.05 Å². The standard InChI is InChI=1S/C21H15F3N4S.CH5NO/c1-2-12-4-3-11(8-25-12)19-15-10-29-6-5-13(15)18-14-9-26-28-17(14)7-16(20(18)27-19)21(22,23)24;1-2-3/h2-4,7-9H,1,5-6,10H2,(H,26,28);2-3H,1H3. The van der Waals surface area contributed by atoms with Crippen molar-refractivity contribution in [3.8, 4) is 11.3 Å². The summed E-state index contributed by atoms with van der Waals surface area (Å²) in [5.41, 5.74) is 5.22. The fourth-order valence-corrected chi connectivity index (χ4v) is 4.88. The number of H-pyrrole nitrogens is 1. The van der Waals surface area contributed by atoms with Crippen molar-refractivity contribution in [2.45, 2.75) is 18.3 Å². The molecule has 3 N–H and O–H groups in total. The molecule has 0 fully saturated rings. The largest absolute Gasteiger partial charge is 0.418 e. The molecule has 4 heterocycles. The van der Waals surface area contributed by atoms with Crippen LogP contribution in [0.3, 0.4) is 0 Å². The summed E-state index contributed by atoms with van der Waals surface area (Å²) >= 11 is 1.76. The van der Waals surface area contributed by atoms with Crippen LogP contribution in [-0.2, 0) is 18.3 Å². The van der Waals surface area contributed by atoms with E-state index in [1.54, 1.807) is 41.8 Å². The molecule has 0 saturated heterocycles. The molecule has 1 aliphatic heterocycles.